The predicted octanol–water partition coefficient (Wildman–Crippen LogP) is 3.79. The fourth-order valence-corrected chi connectivity index (χ4v) is 2.51. The zero-order chi connectivity index (χ0) is 16.2. The van der Waals surface area contributed by atoms with Crippen LogP contribution in [0.4, 0.5) is 0 Å². The molecule has 0 saturated heterocycles. The van der Waals surface area contributed by atoms with Crippen LogP contribution in [0.2, 0.25) is 0 Å². The van der Waals surface area contributed by atoms with Gasteiger partial charge in [-0.3, -0.25) is 4.79 Å². The number of aromatic nitrogens is 2. The molecule has 3 rings (SSSR count). The van der Waals surface area contributed by atoms with Crippen molar-refractivity contribution < 1.29 is 9.53 Å². The second-order valence-corrected chi connectivity index (χ2v) is 5.76. The molecule has 0 amide bonds. The van der Waals surface area contributed by atoms with Gasteiger partial charge in [0.1, 0.15) is 6.61 Å². The van der Waals surface area contributed by atoms with Crippen molar-refractivity contribution in [3.05, 3.63) is 65.5 Å². The number of carbonyl (C=O) groups excluding carboxylic acids is 1. The van der Waals surface area contributed by atoms with E-state index in [1.165, 1.54) is 11.1 Å². The van der Waals surface area contributed by atoms with Crippen LogP contribution in [0.3, 0.4) is 0 Å². The Morgan fingerprint density at radius 1 is 1.13 bits per heavy atom. The Labute approximate surface area is 135 Å². The number of esters is 1. The molecule has 0 atom stereocenters. The summed E-state index contributed by atoms with van der Waals surface area (Å²) in [6, 6.07) is 13.9. The second kappa shape index (κ2) is 6.65. The van der Waals surface area contributed by atoms with Gasteiger partial charge in [-0.05, 0) is 42.7 Å². The number of benzene rings is 2. The fraction of sp³-hybridized carbons (Fsp3) is 0.263. The molecule has 3 aromatic rings. The molecule has 2 aromatic carbocycles. The molecule has 0 fully saturated rings. The van der Waals surface area contributed by atoms with Gasteiger partial charge in [0, 0.05) is 6.54 Å². The van der Waals surface area contributed by atoms with Crippen LogP contribution in [0.15, 0.2) is 48.8 Å². The third kappa shape index (κ3) is 3.59. The van der Waals surface area contributed by atoms with Crippen LogP contribution < -0.4 is 0 Å². The molecule has 118 valence electrons. The van der Waals surface area contributed by atoms with Crippen LogP contribution in [-0.4, -0.2) is 15.5 Å². The summed E-state index contributed by atoms with van der Waals surface area (Å²) in [5.74, 6) is -0.195. The Bertz CT molecular complexity index is 822. The van der Waals surface area contributed by atoms with E-state index in [9.17, 15) is 4.79 Å². The molecule has 0 bridgehead atoms. The van der Waals surface area contributed by atoms with Crippen molar-refractivity contribution in [1.82, 2.24) is 9.55 Å². The van der Waals surface area contributed by atoms with Gasteiger partial charge < -0.3 is 9.30 Å². The lowest BCUT2D eigenvalue weighted by Gasteiger charge is -2.07. The molecule has 23 heavy (non-hydrogen) atoms. The lowest BCUT2D eigenvalue weighted by molar-refractivity contribution is -0.145. The Balaban J connectivity index is 1.60. The number of carbonyl (C=O) groups is 1. The third-order valence-electron chi connectivity index (χ3n) is 4.04. The molecule has 0 spiro atoms. The highest BCUT2D eigenvalue weighted by molar-refractivity contribution is 5.77. The van der Waals surface area contributed by atoms with E-state index >= 15 is 0 Å². The van der Waals surface area contributed by atoms with Gasteiger partial charge in [0.15, 0.2) is 0 Å². The summed E-state index contributed by atoms with van der Waals surface area (Å²) in [6.07, 6.45) is 2.12. The second-order valence-electron chi connectivity index (χ2n) is 5.76. The summed E-state index contributed by atoms with van der Waals surface area (Å²) in [4.78, 5) is 16.3. The summed E-state index contributed by atoms with van der Waals surface area (Å²) >= 11 is 0. The van der Waals surface area contributed by atoms with Crippen LogP contribution in [-0.2, 0) is 22.7 Å². The maximum atomic E-state index is 11.9. The number of fused-ring (bicyclic) bond motifs is 1. The number of nitrogens with zero attached hydrogens (tertiary/aromatic N) is 2. The number of hydrogen-bond acceptors (Lipinski definition) is 3. The highest BCUT2D eigenvalue weighted by Gasteiger charge is 2.08. The molecule has 4 nitrogen and oxygen atoms in total. The van der Waals surface area contributed by atoms with Crippen molar-refractivity contribution in [2.24, 2.45) is 0 Å². The first-order valence-corrected chi connectivity index (χ1v) is 7.75. The van der Waals surface area contributed by atoms with Gasteiger partial charge in [-0.25, -0.2) is 4.98 Å². The lowest BCUT2D eigenvalue weighted by Crippen LogP contribution is -2.08. The highest BCUT2D eigenvalue weighted by Crippen LogP contribution is 2.18. The van der Waals surface area contributed by atoms with Crippen LogP contribution >= 0.6 is 0 Å². The molecule has 0 aliphatic rings. The summed E-state index contributed by atoms with van der Waals surface area (Å²) < 4.78 is 7.31. The fourth-order valence-electron chi connectivity index (χ4n) is 2.51. The van der Waals surface area contributed by atoms with Crippen molar-refractivity contribution in [3.63, 3.8) is 0 Å². The average Bonchev–Trinajstić information content (AvgIpc) is 2.94. The SMILES string of the molecule is Cc1cc2ncn(CCC(=O)OCc3ccccc3)c2cc1C. The Hall–Kier alpha value is -2.62. The molecule has 0 saturated carbocycles. The van der Waals surface area contributed by atoms with Gasteiger partial charge in [-0.1, -0.05) is 30.3 Å². The molecule has 0 N–H and O–H groups in total. The average molecular weight is 308 g/mol. The predicted molar refractivity (Wildman–Crippen MR) is 90.1 cm³/mol. The maximum absolute atomic E-state index is 11.9. The van der Waals surface area contributed by atoms with Crippen LogP contribution in [0, 0.1) is 13.8 Å². The summed E-state index contributed by atoms with van der Waals surface area (Å²) in [5, 5.41) is 0. The van der Waals surface area contributed by atoms with E-state index in [-0.39, 0.29) is 5.97 Å². The summed E-state index contributed by atoms with van der Waals surface area (Å²) in [6.45, 7) is 5.06. The number of hydrogen-bond donors (Lipinski definition) is 0. The van der Waals surface area contributed by atoms with E-state index in [0.29, 0.717) is 19.6 Å². The summed E-state index contributed by atoms with van der Waals surface area (Å²) in [7, 11) is 0. The van der Waals surface area contributed by atoms with Crippen molar-refractivity contribution in [3.8, 4) is 0 Å². The van der Waals surface area contributed by atoms with Crippen LogP contribution in [0.5, 0.6) is 0 Å². The lowest BCUT2D eigenvalue weighted by atomic mass is 10.1. The van der Waals surface area contributed by atoms with Crippen molar-refractivity contribution in [2.75, 3.05) is 0 Å². The number of rotatable bonds is 5. The van der Waals surface area contributed by atoms with E-state index in [2.05, 4.69) is 31.0 Å². The molecule has 1 heterocycles. The van der Waals surface area contributed by atoms with E-state index in [4.69, 9.17) is 4.74 Å². The molecule has 0 aliphatic heterocycles. The zero-order valence-electron chi connectivity index (χ0n) is 13.5. The smallest absolute Gasteiger partial charge is 0.307 e. The minimum atomic E-state index is -0.195. The first-order chi connectivity index (χ1) is 11.1. The number of aryl methyl sites for hydroxylation is 3. The molecular weight excluding hydrogens is 288 g/mol. The number of ether oxygens (including phenoxy) is 1. The van der Waals surface area contributed by atoms with Gasteiger partial charge in [-0.2, -0.15) is 0 Å². The van der Waals surface area contributed by atoms with Gasteiger partial charge in [-0.15, -0.1) is 0 Å². The highest BCUT2D eigenvalue weighted by atomic mass is 16.5. The quantitative estimate of drug-likeness (QED) is 0.674. The normalized spacial score (nSPS) is 10.9. The molecule has 1 aromatic heterocycles. The van der Waals surface area contributed by atoms with Gasteiger partial charge in [0.25, 0.3) is 0 Å². The first kappa shape index (κ1) is 15.3. The van der Waals surface area contributed by atoms with Gasteiger partial charge >= 0.3 is 5.97 Å². The van der Waals surface area contributed by atoms with Crippen LogP contribution in [0.25, 0.3) is 11.0 Å². The van der Waals surface area contributed by atoms with Crippen molar-refractivity contribution in [2.45, 2.75) is 33.4 Å². The largest absolute Gasteiger partial charge is 0.461 e. The summed E-state index contributed by atoms with van der Waals surface area (Å²) in [5.41, 5.74) is 5.48. The Morgan fingerprint density at radius 3 is 2.65 bits per heavy atom. The van der Waals surface area contributed by atoms with Crippen molar-refractivity contribution in [1.29, 1.82) is 0 Å². The van der Waals surface area contributed by atoms with Crippen LogP contribution in [0.1, 0.15) is 23.1 Å². The molecule has 4 heteroatoms. The third-order valence-corrected chi connectivity index (χ3v) is 4.04. The standard InChI is InChI=1S/C19H20N2O2/c1-14-10-17-18(11-15(14)2)21(13-20-17)9-8-19(22)23-12-16-6-4-3-5-7-16/h3-7,10-11,13H,8-9,12H2,1-2H3. The number of imidazole rings is 1. The molecule has 0 unspecified atom stereocenters. The minimum absolute atomic E-state index is 0.195. The minimum Gasteiger partial charge on any atom is -0.461 e. The van der Waals surface area contributed by atoms with E-state index < -0.39 is 0 Å². The Kier molecular flexibility index (Phi) is 4.42. The van der Waals surface area contributed by atoms with E-state index in [0.717, 1.165) is 16.6 Å². The van der Waals surface area contributed by atoms with Crippen molar-refractivity contribution >= 4 is 17.0 Å². The molecular formula is C19H20N2O2. The van der Waals surface area contributed by atoms with E-state index in [1.807, 2.05) is 34.9 Å². The first-order valence-electron chi connectivity index (χ1n) is 7.75. The molecule has 0 radical (unpaired) electrons. The van der Waals surface area contributed by atoms with Gasteiger partial charge in [0.05, 0.1) is 23.8 Å². The van der Waals surface area contributed by atoms with Gasteiger partial charge in [0.2, 0.25) is 0 Å². The Morgan fingerprint density at radius 2 is 1.87 bits per heavy atom. The van der Waals surface area contributed by atoms with E-state index in [1.54, 1.807) is 6.33 Å². The topological polar surface area (TPSA) is 44.1 Å². The molecule has 0 aliphatic carbocycles. The monoisotopic (exact) mass is 308 g/mol. The zero-order valence-corrected chi connectivity index (χ0v) is 13.5. The maximum Gasteiger partial charge on any atom is 0.307 e.